The summed E-state index contributed by atoms with van der Waals surface area (Å²) in [6, 6.07) is 2.56. The first-order chi connectivity index (χ1) is 14.0. The van der Waals surface area contributed by atoms with Gasteiger partial charge in [0.25, 0.3) is 0 Å². The minimum Gasteiger partial charge on any atom is -0.508 e. The molecule has 8 N–H and O–H groups in total. The van der Waals surface area contributed by atoms with Crippen LogP contribution in [0.2, 0.25) is 0 Å². The Bertz CT molecular complexity index is 752. The topological polar surface area (TPSA) is 191 Å². The molecule has 3 atom stereocenters. The number of carboxylic acids is 1. The number of carboxylic acid groups (broad SMARTS) is 1. The van der Waals surface area contributed by atoms with Crippen LogP contribution < -0.4 is 21.7 Å². The van der Waals surface area contributed by atoms with Crippen molar-refractivity contribution in [2.45, 2.75) is 38.4 Å². The quantitative estimate of drug-likeness (QED) is 0.214. The molecular weight excluding hydrogens is 396 g/mol. The number of carbonyl (C=O) groups excluding carboxylic acids is 3. The summed E-state index contributed by atoms with van der Waals surface area (Å²) in [6.45, 7) is 2.11. The summed E-state index contributed by atoms with van der Waals surface area (Å²) in [5, 5.41) is 34.3. The van der Waals surface area contributed by atoms with Gasteiger partial charge in [0.1, 0.15) is 30.4 Å². The van der Waals surface area contributed by atoms with Crippen LogP contribution in [-0.4, -0.2) is 70.3 Å². The van der Waals surface area contributed by atoms with Gasteiger partial charge in [0.2, 0.25) is 17.7 Å². The third-order valence-electron chi connectivity index (χ3n) is 4.20. The lowest BCUT2D eigenvalue weighted by Crippen LogP contribution is -2.58. The average Bonchev–Trinajstić information content (AvgIpc) is 2.69. The highest BCUT2D eigenvalue weighted by atomic mass is 16.4. The Balaban J connectivity index is 2.99. The largest absolute Gasteiger partial charge is 0.508 e. The lowest BCUT2D eigenvalue weighted by molar-refractivity contribution is -0.139. The Kier molecular flexibility index (Phi) is 9.72. The molecule has 0 aromatic heterocycles. The SMILES string of the molecule is CC(C)C(NC(=O)C(Cc1ccc(O)cc1)NC(=O)C(N)CO)C(=O)NCC(=O)O. The summed E-state index contributed by atoms with van der Waals surface area (Å²) in [4.78, 5) is 47.9. The number of phenols is 1. The summed E-state index contributed by atoms with van der Waals surface area (Å²) < 4.78 is 0. The molecular formula is C19H28N4O7. The van der Waals surface area contributed by atoms with Gasteiger partial charge in [-0.2, -0.15) is 0 Å². The highest BCUT2D eigenvalue weighted by Crippen LogP contribution is 2.12. The van der Waals surface area contributed by atoms with E-state index in [-0.39, 0.29) is 18.1 Å². The number of benzene rings is 1. The van der Waals surface area contributed by atoms with E-state index in [1.54, 1.807) is 26.0 Å². The zero-order valence-electron chi connectivity index (χ0n) is 16.8. The molecule has 1 rings (SSSR count). The number of nitrogens with one attached hydrogen (secondary N) is 3. The molecule has 11 nitrogen and oxygen atoms in total. The molecule has 0 bridgehead atoms. The first kappa shape index (κ1) is 24.9. The van der Waals surface area contributed by atoms with Gasteiger partial charge < -0.3 is 37.0 Å². The molecule has 0 aliphatic rings. The third kappa shape index (κ3) is 8.05. The molecule has 3 amide bonds. The molecule has 0 heterocycles. The number of carbonyl (C=O) groups is 4. The lowest BCUT2D eigenvalue weighted by atomic mass is 10.0. The summed E-state index contributed by atoms with van der Waals surface area (Å²) in [6.07, 6.45) is 0.0254. The van der Waals surface area contributed by atoms with Gasteiger partial charge in [0.05, 0.1) is 6.61 Å². The molecule has 0 aliphatic heterocycles. The smallest absolute Gasteiger partial charge is 0.322 e. The molecule has 0 radical (unpaired) electrons. The monoisotopic (exact) mass is 424 g/mol. The second kappa shape index (κ2) is 11.7. The number of amides is 3. The van der Waals surface area contributed by atoms with Crippen molar-refractivity contribution in [3.05, 3.63) is 29.8 Å². The van der Waals surface area contributed by atoms with Crippen LogP contribution in [-0.2, 0) is 25.6 Å². The van der Waals surface area contributed by atoms with Gasteiger partial charge in [-0.05, 0) is 23.6 Å². The fraction of sp³-hybridized carbons (Fsp3) is 0.474. The number of nitrogens with two attached hydrogens (primary N) is 1. The number of hydrogen-bond acceptors (Lipinski definition) is 7. The standard InChI is InChI=1S/C19H28N4O7/c1-10(2)16(19(30)21-8-15(26)27)23-18(29)14(22-17(28)13(20)9-24)7-11-3-5-12(25)6-4-11/h3-6,10,13-14,16,24-25H,7-9,20H2,1-2H3,(H,21,30)(H,22,28)(H,23,29)(H,26,27). The van der Waals surface area contributed by atoms with E-state index in [0.717, 1.165) is 0 Å². The zero-order chi connectivity index (χ0) is 22.8. The maximum absolute atomic E-state index is 12.8. The third-order valence-corrected chi connectivity index (χ3v) is 4.20. The zero-order valence-corrected chi connectivity index (χ0v) is 16.8. The molecule has 0 saturated carbocycles. The minimum absolute atomic E-state index is 0.0254. The molecule has 30 heavy (non-hydrogen) atoms. The van der Waals surface area contributed by atoms with E-state index in [2.05, 4.69) is 16.0 Å². The summed E-state index contributed by atoms with van der Waals surface area (Å²) in [5.41, 5.74) is 6.11. The van der Waals surface area contributed by atoms with Crippen molar-refractivity contribution >= 4 is 23.7 Å². The second-order valence-corrected chi connectivity index (χ2v) is 7.06. The van der Waals surface area contributed by atoms with Gasteiger partial charge in [-0.1, -0.05) is 26.0 Å². The minimum atomic E-state index is -1.24. The van der Waals surface area contributed by atoms with Crippen LogP contribution in [0.1, 0.15) is 19.4 Å². The van der Waals surface area contributed by atoms with Crippen molar-refractivity contribution in [2.24, 2.45) is 11.7 Å². The Morgan fingerprint density at radius 1 is 1.00 bits per heavy atom. The van der Waals surface area contributed by atoms with Crippen LogP contribution in [0.4, 0.5) is 0 Å². The van der Waals surface area contributed by atoms with Crippen LogP contribution in [0.5, 0.6) is 5.75 Å². The van der Waals surface area contributed by atoms with Crippen LogP contribution in [0, 0.1) is 5.92 Å². The van der Waals surface area contributed by atoms with Gasteiger partial charge in [0, 0.05) is 6.42 Å². The fourth-order valence-electron chi connectivity index (χ4n) is 2.50. The van der Waals surface area contributed by atoms with Gasteiger partial charge >= 0.3 is 5.97 Å². The molecule has 1 aromatic carbocycles. The van der Waals surface area contributed by atoms with Gasteiger partial charge in [0.15, 0.2) is 0 Å². The van der Waals surface area contributed by atoms with Crippen LogP contribution in [0.25, 0.3) is 0 Å². The van der Waals surface area contributed by atoms with Gasteiger partial charge in [-0.3, -0.25) is 19.2 Å². The molecule has 0 aliphatic carbocycles. The van der Waals surface area contributed by atoms with Crippen molar-refractivity contribution in [3.8, 4) is 5.75 Å². The predicted molar refractivity (Wildman–Crippen MR) is 106 cm³/mol. The van der Waals surface area contributed by atoms with E-state index in [9.17, 15) is 24.3 Å². The second-order valence-electron chi connectivity index (χ2n) is 7.06. The highest BCUT2D eigenvalue weighted by molar-refractivity contribution is 5.94. The van der Waals surface area contributed by atoms with E-state index >= 15 is 0 Å². The van der Waals surface area contributed by atoms with Gasteiger partial charge in [-0.15, -0.1) is 0 Å². The summed E-state index contributed by atoms with van der Waals surface area (Å²) >= 11 is 0. The molecule has 0 spiro atoms. The molecule has 166 valence electrons. The van der Waals surface area contributed by atoms with Crippen molar-refractivity contribution in [1.29, 1.82) is 0 Å². The van der Waals surface area contributed by atoms with E-state index in [1.165, 1.54) is 12.1 Å². The van der Waals surface area contributed by atoms with Crippen LogP contribution in [0.3, 0.4) is 0 Å². The van der Waals surface area contributed by atoms with E-state index in [1.807, 2.05) is 0 Å². The Hall–Kier alpha value is -3.18. The molecule has 1 aromatic rings. The number of aliphatic hydroxyl groups is 1. The molecule has 11 heteroatoms. The molecule has 0 fully saturated rings. The highest BCUT2D eigenvalue weighted by Gasteiger charge is 2.30. The number of aliphatic hydroxyl groups excluding tert-OH is 1. The normalized spacial score (nSPS) is 13.8. The van der Waals surface area contributed by atoms with E-state index in [4.69, 9.17) is 15.9 Å². The number of aromatic hydroxyl groups is 1. The van der Waals surface area contributed by atoms with E-state index < -0.39 is 55.0 Å². The van der Waals surface area contributed by atoms with Crippen molar-refractivity contribution in [2.75, 3.05) is 13.2 Å². The maximum atomic E-state index is 12.8. The molecule has 0 saturated heterocycles. The summed E-state index contributed by atoms with van der Waals surface area (Å²) in [5.74, 6) is -3.69. The number of phenolic OH excluding ortho intramolecular Hbond substituents is 1. The van der Waals surface area contributed by atoms with Crippen LogP contribution >= 0.6 is 0 Å². The Morgan fingerprint density at radius 2 is 1.60 bits per heavy atom. The lowest BCUT2D eigenvalue weighted by Gasteiger charge is -2.25. The number of rotatable bonds is 11. The number of hydrogen-bond donors (Lipinski definition) is 7. The predicted octanol–water partition coefficient (Wildman–Crippen LogP) is -1.92. The van der Waals surface area contributed by atoms with Crippen molar-refractivity contribution in [1.82, 2.24) is 16.0 Å². The van der Waals surface area contributed by atoms with E-state index in [0.29, 0.717) is 5.56 Å². The Morgan fingerprint density at radius 3 is 2.10 bits per heavy atom. The first-order valence-electron chi connectivity index (χ1n) is 9.29. The van der Waals surface area contributed by atoms with Crippen molar-refractivity contribution in [3.63, 3.8) is 0 Å². The van der Waals surface area contributed by atoms with Crippen LogP contribution in [0.15, 0.2) is 24.3 Å². The average molecular weight is 424 g/mol. The van der Waals surface area contributed by atoms with Crippen molar-refractivity contribution < 1.29 is 34.5 Å². The fourth-order valence-corrected chi connectivity index (χ4v) is 2.50. The maximum Gasteiger partial charge on any atom is 0.322 e. The molecule has 3 unspecified atom stereocenters. The Labute approximate surface area is 173 Å². The first-order valence-corrected chi connectivity index (χ1v) is 9.29. The van der Waals surface area contributed by atoms with Gasteiger partial charge in [-0.25, -0.2) is 0 Å². The number of aliphatic carboxylic acids is 1. The summed E-state index contributed by atoms with van der Waals surface area (Å²) in [7, 11) is 0.